The van der Waals surface area contributed by atoms with Crippen molar-refractivity contribution < 1.29 is 9.59 Å². The van der Waals surface area contributed by atoms with Crippen LogP contribution in [0.5, 0.6) is 0 Å². The quantitative estimate of drug-likeness (QED) is 0.840. The number of rotatable bonds is 2. The maximum atomic E-state index is 12.6. The van der Waals surface area contributed by atoms with E-state index in [2.05, 4.69) is 5.32 Å². The predicted octanol–water partition coefficient (Wildman–Crippen LogP) is 3.21. The van der Waals surface area contributed by atoms with Gasteiger partial charge in [-0.25, -0.2) is 0 Å². The van der Waals surface area contributed by atoms with Gasteiger partial charge in [-0.05, 0) is 30.4 Å². The Labute approximate surface area is 120 Å². The summed E-state index contributed by atoms with van der Waals surface area (Å²) in [5, 5.41) is 2.83. The van der Waals surface area contributed by atoms with Crippen LogP contribution in [0.2, 0.25) is 0 Å². The van der Waals surface area contributed by atoms with Gasteiger partial charge in [0.25, 0.3) is 5.91 Å². The second-order valence-electron chi connectivity index (χ2n) is 6.50. The molecule has 0 aromatic heterocycles. The molecule has 1 N–H and O–H groups in total. The summed E-state index contributed by atoms with van der Waals surface area (Å²) in [6.07, 6.45) is 0. The SMILES string of the molecule is CC(C)NC(=O)C1=C(C(C)(C)C)c2ccccc2C1=O. The summed E-state index contributed by atoms with van der Waals surface area (Å²) in [6.45, 7) is 9.87. The van der Waals surface area contributed by atoms with E-state index in [9.17, 15) is 9.59 Å². The predicted molar refractivity (Wildman–Crippen MR) is 80.4 cm³/mol. The zero-order chi connectivity index (χ0) is 15.1. The molecular formula is C17H21NO2. The number of allylic oxidation sites excluding steroid dienone is 1. The Kier molecular flexibility index (Phi) is 3.55. The van der Waals surface area contributed by atoms with Gasteiger partial charge in [0.2, 0.25) is 0 Å². The number of hydrogen-bond acceptors (Lipinski definition) is 2. The second-order valence-corrected chi connectivity index (χ2v) is 6.50. The minimum atomic E-state index is -0.272. The van der Waals surface area contributed by atoms with E-state index >= 15 is 0 Å². The molecule has 3 heteroatoms. The van der Waals surface area contributed by atoms with Crippen LogP contribution < -0.4 is 5.32 Å². The first-order valence-electron chi connectivity index (χ1n) is 6.93. The zero-order valence-electron chi connectivity index (χ0n) is 12.7. The molecular weight excluding hydrogens is 250 g/mol. The Morgan fingerprint density at radius 2 is 1.65 bits per heavy atom. The van der Waals surface area contributed by atoms with Crippen LogP contribution in [0.4, 0.5) is 0 Å². The molecule has 1 aliphatic rings. The molecule has 0 aliphatic heterocycles. The fourth-order valence-electron chi connectivity index (χ4n) is 2.61. The standard InChI is InChI=1S/C17H21NO2/c1-10(2)18-16(20)13-14(17(3,4)5)11-8-6-7-9-12(11)15(13)19/h6-10H,1-5H3,(H,18,20). The summed E-state index contributed by atoms with van der Waals surface area (Å²) in [5.74, 6) is -0.435. The van der Waals surface area contributed by atoms with E-state index in [1.165, 1.54) is 0 Å². The molecule has 0 atom stereocenters. The van der Waals surface area contributed by atoms with Crippen molar-refractivity contribution in [2.45, 2.75) is 40.7 Å². The van der Waals surface area contributed by atoms with Crippen molar-refractivity contribution in [3.05, 3.63) is 41.0 Å². The number of carbonyl (C=O) groups is 2. The molecule has 0 bridgehead atoms. The molecule has 1 aliphatic carbocycles. The second kappa shape index (κ2) is 4.89. The number of hydrogen-bond donors (Lipinski definition) is 1. The Bertz CT molecular complexity index is 604. The first kappa shape index (κ1) is 14.5. The molecule has 1 amide bonds. The Balaban J connectivity index is 2.62. The number of benzene rings is 1. The molecule has 0 fully saturated rings. The van der Waals surface area contributed by atoms with Gasteiger partial charge in [-0.2, -0.15) is 0 Å². The third-order valence-electron chi connectivity index (χ3n) is 3.31. The average molecular weight is 271 g/mol. The van der Waals surface area contributed by atoms with E-state index in [0.29, 0.717) is 11.1 Å². The topological polar surface area (TPSA) is 46.2 Å². The number of carbonyl (C=O) groups excluding carboxylic acids is 2. The van der Waals surface area contributed by atoms with E-state index in [1.807, 2.05) is 52.8 Å². The molecule has 0 spiro atoms. The zero-order valence-corrected chi connectivity index (χ0v) is 12.7. The fourth-order valence-corrected chi connectivity index (χ4v) is 2.61. The maximum absolute atomic E-state index is 12.6. The van der Waals surface area contributed by atoms with E-state index in [-0.39, 0.29) is 23.1 Å². The van der Waals surface area contributed by atoms with Crippen LogP contribution in [0, 0.1) is 5.41 Å². The summed E-state index contributed by atoms with van der Waals surface area (Å²) >= 11 is 0. The van der Waals surface area contributed by atoms with Crippen LogP contribution >= 0.6 is 0 Å². The maximum Gasteiger partial charge on any atom is 0.255 e. The first-order valence-corrected chi connectivity index (χ1v) is 6.93. The molecule has 106 valence electrons. The summed E-state index contributed by atoms with van der Waals surface area (Å²) in [7, 11) is 0. The number of Topliss-reactive ketones (excluding diaryl/α,β-unsaturated/α-hetero) is 1. The van der Waals surface area contributed by atoms with Crippen molar-refractivity contribution in [2.24, 2.45) is 5.41 Å². The summed E-state index contributed by atoms with van der Waals surface area (Å²) in [6, 6.07) is 7.46. The van der Waals surface area contributed by atoms with Crippen molar-refractivity contribution in [3.8, 4) is 0 Å². The van der Waals surface area contributed by atoms with Crippen molar-refractivity contribution in [1.29, 1.82) is 0 Å². The average Bonchev–Trinajstić information content (AvgIpc) is 2.62. The van der Waals surface area contributed by atoms with Crippen molar-refractivity contribution in [1.82, 2.24) is 5.32 Å². The highest BCUT2D eigenvalue weighted by molar-refractivity contribution is 6.35. The van der Waals surface area contributed by atoms with Gasteiger partial charge in [0.05, 0.1) is 5.57 Å². The minimum Gasteiger partial charge on any atom is -0.350 e. The fraction of sp³-hybridized carbons (Fsp3) is 0.412. The largest absolute Gasteiger partial charge is 0.350 e. The smallest absolute Gasteiger partial charge is 0.255 e. The van der Waals surface area contributed by atoms with E-state index in [1.54, 1.807) is 6.07 Å². The Hall–Kier alpha value is -1.90. The van der Waals surface area contributed by atoms with E-state index in [4.69, 9.17) is 0 Å². The summed E-state index contributed by atoms with van der Waals surface area (Å²) < 4.78 is 0. The summed E-state index contributed by atoms with van der Waals surface area (Å²) in [5.41, 5.74) is 2.40. The van der Waals surface area contributed by atoms with Gasteiger partial charge in [0.1, 0.15) is 0 Å². The Morgan fingerprint density at radius 1 is 1.10 bits per heavy atom. The molecule has 0 saturated carbocycles. The lowest BCUT2D eigenvalue weighted by atomic mass is 9.81. The van der Waals surface area contributed by atoms with Gasteiger partial charge >= 0.3 is 0 Å². The summed E-state index contributed by atoms with van der Waals surface area (Å²) in [4.78, 5) is 25.0. The van der Waals surface area contributed by atoms with Gasteiger partial charge in [0, 0.05) is 11.6 Å². The van der Waals surface area contributed by atoms with Gasteiger partial charge in [-0.1, -0.05) is 45.0 Å². The molecule has 1 aromatic rings. The third-order valence-corrected chi connectivity index (χ3v) is 3.31. The Morgan fingerprint density at radius 3 is 2.15 bits per heavy atom. The van der Waals surface area contributed by atoms with Gasteiger partial charge < -0.3 is 5.32 Å². The van der Waals surface area contributed by atoms with E-state index in [0.717, 1.165) is 11.1 Å². The van der Waals surface area contributed by atoms with Crippen molar-refractivity contribution in [3.63, 3.8) is 0 Å². The van der Waals surface area contributed by atoms with Gasteiger partial charge in [-0.15, -0.1) is 0 Å². The highest BCUT2D eigenvalue weighted by atomic mass is 16.2. The molecule has 20 heavy (non-hydrogen) atoms. The van der Waals surface area contributed by atoms with Crippen molar-refractivity contribution in [2.75, 3.05) is 0 Å². The third kappa shape index (κ3) is 2.40. The van der Waals surface area contributed by atoms with Crippen LogP contribution in [0.1, 0.15) is 50.5 Å². The lowest BCUT2D eigenvalue weighted by Gasteiger charge is -2.23. The van der Waals surface area contributed by atoms with Crippen LogP contribution in [-0.2, 0) is 4.79 Å². The molecule has 3 nitrogen and oxygen atoms in total. The first-order chi connectivity index (χ1) is 9.23. The van der Waals surface area contributed by atoms with Crippen LogP contribution in [0.25, 0.3) is 5.57 Å². The monoisotopic (exact) mass is 271 g/mol. The molecule has 0 heterocycles. The van der Waals surface area contributed by atoms with E-state index < -0.39 is 0 Å². The highest BCUT2D eigenvalue weighted by Gasteiger charge is 2.38. The number of amides is 1. The van der Waals surface area contributed by atoms with Crippen LogP contribution in [0.15, 0.2) is 29.8 Å². The van der Waals surface area contributed by atoms with Gasteiger partial charge in [0.15, 0.2) is 5.78 Å². The molecule has 0 unspecified atom stereocenters. The number of nitrogens with one attached hydrogen (secondary N) is 1. The van der Waals surface area contributed by atoms with Crippen molar-refractivity contribution >= 4 is 17.3 Å². The lowest BCUT2D eigenvalue weighted by Crippen LogP contribution is -2.34. The van der Waals surface area contributed by atoms with Gasteiger partial charge in [-0.3, -0.25) is 9.59 Å². The van der Waals surface area contributed by atoms with Crippen LogP contribution in [0.3, 0.4) is 0 Å². The van der Waals surface area contributed by atoms with Crippen LogP contribution in [-0.4, -0.2) is 17.7 Å². The number of fused-ring (bicyclic) bond motifs is 1. The highest BCUT2D eigenvalue weighted by Crippen LogP contribution is 2.43. The molecule has 1 aromatic carbocycles. The normalized spacial score (nSPS) is 14.8. The molecule has 0 radical (unpaired) electrons. The minimum absolute atomic E-state index is 0.00716. The molecule has 0 saturated heterocycles. The lowest BCUT2D eigenvalue weighted by molar-refractivity contribution is -0.117. The number of ketones is 1. The molecule has 2 rings (SSSR count).